The van der Waals surface area contributed by atoms with Crippen LogP contribution in [0.5, 0.6) is 0 Å². The highest BCUT2D eigenvalue weighted by Crippen LogP contribution is 2.25. The van der Waals surface area contributed by atoms with E-state index in [4.69, 9.17) is 0 Å². The molecule has 1 aliphatic heterocycles. The SMILES string of the molecule is CCCNc1c(F)cccc1C(=O)NCC1CCCS1. The minimum Gasteiger partial charge on any atom is -0.382 e. The van der Waals surface area contributed by atoms with E-state index < -0.39 is 0 Å². The summed E-state index contributed by atoms with van der Waals surface area (Å²) in [5.41, 5.74) is 0.701. The fourth-order valence-electron chi connectivity index (χ4n) is 2.25. The molecule has 2 rings (SSSR count). The van der Waals surface area contributed by atoms with E-state index in [1.165, 1.54) is 18.2 Å². The zero-order chi connectivity index (χ0) is 14.4. The average Bonchev–Trinajstić information content (AvgIpc) is 2.96. The summed E-state index contributed by atoms with van der Waals surface area (Å²) in [5, 5.41) is 6.42. The first kappa shape index (κ1) is 15.2. The van der Waals surface area contributed by atoms with E-state index in [-0.39, 0.29) is 11.7 Å². The Hall–Kier alpha value is -1.23. The van der Waals surface area contributed by atoms with E-state index in [9.17, 15) is 9.18 Å². The number of halogens is 1. The Kier molecular flexibility index (Phi) is 5.71. The average molecular weight is 296 g/mol. The molecule has 1 aromatic carbocycles. The summed E-state index contributed by atoms with van der Waals surface area (Å²) in [6.45, 7) is 3.32. The lowest BCUT2D eigenvalue weighted by atomic mass is 10.1. The molecule has 110 valence electrons. The number of thioether (sulfide) groups is 1. The smallest absolute Gasteiger partial charge is 0.253 e. The number of benzene rings is 1. The fraction of sp³-hybridized carbons (Fsp3) is 0.533. The van der Waals surface area contributed by atoms with Gasteiger partial charge in [-0.05, 0) is 37.1 Å². The summed E-state index contributed by atoms with van der Waals surface area (Å²) >= 11 is 1.90. The van der Waals surface area contributed by atoms with Gasteiger partial charge in [0, 0.05) is 18.3 Å². The molecule has 0 radical (unpaired) electrons. The molecule has 1 atom stereocenters. The summed E-state index contributed by atoms with van der Waals surface area (Å²) in [7, 11) is 0. The first-order chi connectivity index (χ1) is 9.72. The van der Waals surface area contributed by atoms with E-state index >= 15 is 0 Å². The monoisotopic (exact) mass is 296 g/mol. The topological polar surface area (TPSA) is 41.1 Å². The fourth-order valence-corrected chi connectivity index (χ4v) is 3.45. The van der Waals surface area contributed by atoms with Crippen LogP contribution in [0.2, 0.25) is 0 Å². The van der Waals surface area contributed by atoms with E-state index in [2.05, 4.69) is 10.6 Å². The highest BCUT2D eigenvalue weighted by atomic mass is 32.2. The predicted octanol–water partition coefficient (Wildman–Crippen LogP) is 3.27. The van der Waals surface area contributed by atoms with Crippen LogP contribution in [-0.4, -0.2) is 30.0 Å². The van der Waals surface area contributed by atoms with Gasteiger partial charge in [0.05, 0.1) is 11.3 Å². The van der Waals surface area contributed by atoms with Crippen molar-refractivity contribution in [1.29, 1.82) is 0 Å². The molecular weight excluding hydrogens is 275 g/mol. The molecule has 20 heavy (non-hydrogen) atoms. The van der Waals surface area contributed by atoms with Gasteiger partial charge in [-0.25, -0.2) is 4.39 Å². The van der Waals surface area contributed by atoms with Crippen molar-refractivity contribution < 1.29 is 9.18 Å². The normalized spacial score (nSPS) is 18.0. The molecule has 1 fully saturated rings. The minimum atomic E-state index is -0.374. The van der Waals surface area contributed by atoms with E-state index in [1.807, 2.05) is 18.7 Å². The first-order valence-corrected chi connectivity index (χ1v) is 8.19. The van der Waals surface area contributed by atoms with Gasteiger partial charge in [-0.2, -0.15) is 11.8 Å². The standard InChI is InChI=1S/C15H21FN2OS/c1-2-8-17-14-12(6-3-7-13(14)16)15(19)18-10-11-5-4-9-20-11/h3,6-7,11,17H,2,4-5,8-10H2,1H3,(H,18,19). The number of hydrogen-bond donors (Lipinski definition) is 2. The van der Waals surface area contributed by atoms with Crippen LogP contribution in [0.3, 0.4) is 0 Å². The lowest BCUT2D eigenvalue weighted by Crippen LogP contribution is -2.30. The Labute approximate surface area is 123 Å². The van der Waals surface area contributed by atoms with Crippen molar-refractivity contribution >= 4 is 23.4 Å². The molecule has 0 spiro atoms. The number of anilines is 1. The number of rotatable bonds is 6. The molecule has 0 aromatic heterocycles. The number of carbonyl (C=O) groups is 1. The maximum Gasteiger partial charge on any atom is 0.253 e. The molecule has 0 aliphatic carbocycles. The van der Waals surface area contributed by atoms with Crippen LogP contribution in [0.25, 0.3) is 0 Å². The molecule has 1 aliphatic rings. The van der Waals surface area contributed by atoms with Crippen molar-refractivity contribution in [3.63, 3.8) is 0 Å². The number of hydrogen-bond acceptors (Lipinski definition) is 3. The molecular formula is C15H21FN2OS. The largest absolute Gasteiger partial charge is 0.382 e. The Balaban J connectivity index is 2.02. The van der Waals surface area contributed by atoms with Crippen LogP contribution in [0.15, 0.2) is 18.2 Å². The molecule has 0 bridgehead atoms. The second-order valence-electron chi connectivity index (χ2n) is 4.93. The lowest BCUT2D eigenvalue weighted by molar-refractivity contribution is 0.0954. The van der Waals surface area contributed by atoms with Crippen molar-refractivity contribution in [2.24, 2.45) is 0 Å². The van der Waals surface area contributed by atoms with Gasteiger partial charge < -0.3 is 10.6 Å². The third-order valence-electron chi connectivity index (χ3n) is 3.32. The van der Waals surface area contributed by atoms with E-state index in [0.29, 0.717) is 29.6 Å². The van der Waals surface area contributed by atoms with Crippen LogP contribution >= 0.6 is 11.8 Å². The van der Waals surface area contributed by atoms with Gasteiger partial charge in [-0.15, -0.1) is 0 Å². The van der Waals surface area contributed by atoms with Crippen LogP contribution in [0, 0.1) is 5.82 Å². The highest BCUT2D eigenvalue weighted by molar-refractivity contribution is 8.00. The molecule has 1 amide bonds. The van der Waals surface area contributed by atoms with Gasteiger partial charge in [-0.1, -0.05) is 13.0 Å². The summed E-state index contributed by atoms with van der Waals surface area (Å²) in [5.74, 6) is 0.598. The van der Waals surface area contributed by atoms with Crippen LogP contribution in [0.4, 0.5) is 10.1 Å². The zero-order valence-corrected chi connectivity index (χ0v) is 12.6. The molecule has 1 aromatic rings. The van der Waals surface area contributed by atoms with Gasteiger partial charge in [0.1, 0.15) is 5.82 Å². The van der Waals surface area contributed by atoms with Gasteiger partial charge in [-0.3, -0.25) is 4.79 Å². The molecule has 3 nitrogen and oxygen atoms in total. The molecule has 1 unspecified atom stereocenters. The maximum absolute atomic E-state index is 13.8. The third-order valence-corrected chi connectivity index (χ3v) is 4.72. The van der Waals surface area contributed by atoms with Gasteiger partial charge in [0.2, 0.25) is 0 Å². The second-order valence-corrected chi connectivity index (χ2v) is 6.34. The second kappa shape index (κ2) is 7.53. The Morgan fingerprint density at radius 2 is 2.35 bits per heavy atom. The Morgan fingerprint density at radius 3 is 3.05 bits per heavy atom. The molecule has 1 heterocycles. The molecule has 0 saturated carbocycles. The Morgan fingerprint density at radius 1 is 1.50 bits per heavy atom. The molecule has 5 heteroatoms. The van der Waals surface area contributed by atoms with Gasteiger partial charge in [0.25, 0.3) is 5.91 Å². The van der Waals surface area contributed by atoms with Gasteiger partial charge in [0.15, 0.2) is 0 Å². The summed E-state index contributed by atoms with van der Waals surface area (Å²) < 4.78 is 13.8. The minimum absolute atomic E-state index is 0.199. The van der Waals surface area contributed by atoms with Crippen LogP contribution in [0.1, 0.15) is 36.5 Å². The van der Waals surface area contributed by atoms with E-state index in [1.54, 1.807) is 12.1 Å². The van der Waals surface area contributed by atoms with Gasteiger partial charge >= 0.3 is 0 Å². The summed E-state index contributed by atoms with van der Waals surface area (Å²) in [6, 6.07) is 4.62. The van der Waals surface area contributed by atoms with Crippen molar-refractivity contribution in [2.75, 3.05) is 24.2 Å². The maximum atomic E-state index is 13.8. The van der Waals surface area contributed by atoms with Crippen molar-refractivity contribution in [3.05, 3.63) is 29.6 Å². The first-order valence-electron chi connectivity index (χ1n) is 7.14. The predicted molar refractivity (Wildman–Crippen MR) is 83.0 cm³/mol. The number of amides is 1. The summed E-state index contributed by atoms with van der Waals surface area (Å²) in [6.07, 6.45) is 3.25. The number of para-hydroxylation sites is 1. The summed E-state index contributed by atoms with van der Waals surface area (Å²) in [4.78, 5) is 12.2. The van der Waals surface area contributed by atoms with Crippen molar-refractivity contribution in [1.82, 2.24) is 5.32 Å². The lowest BCUT2D eigenvalue weighted by Gasteiger charge is -2.14. The number of carbonyl (C=O) groups excluding carboxylic acids is 1. The zero-order valence-electron chi connectivity index (χ0n) is 11.7. The molecule has 1 saturated heterocycles. The Bertz CT molecular complexity index is 461. The molecule has 2 N–H and O–H groups in total. The van der Waals surface area contributed by atoms with Crippen LogP contribution in [-0.2, 0) is 0 Å². The third kappa shape index (κ3) is 3.88. The number of nitrogens with one attached hydrogen (secondary N) is 2. The van der Waals surface area contributed by atoms with Crippen LogP contribution < -0.4 is 10.6 Å². The van der Waals surface area contributed by atoms with Crippen molar-refractivity contribution in [3.8, 4) is 0 Å². The highest BCUT2D eigenvalue weighted by Gasteiger charge is 2.19. The quantitative estimate of drug-likeness (QED) is 0.846. The van der Waals surface area contributed by atoms with Crippen molar-refractivity contribution in [2.45, 2.75) is 31.4 Å². The van der Waals surface area contributed by atoms with E-state index in [0.717, 1.165) is 12.8 Å².